The third-order valence-electron chi connectivity index (χ3n) is 5.78. The zero-order valence-corrected chi connectivity index (χ0v) is 18.6. The molecule has 6 nitrogen and oxygen atoms in total. The number of anilines is 1. The summed E-state index contributed by atoms with van der Waals surface area (Å²) in [6.07, 6.45) is 1.53. The van der Waals surface area contributed by atoms with Gasteiger partial charge in [-0.1, -0.05) is 38.1 Å². The molecule has 0 fully saturated rings. The van der Waals surface area contributed by atoms with Gasteiger partial charge in [0, 0.05) is 35.5 Å². The first-order valence-electron chi connectivity index (χ1n) is 10.2. The van der Waals surface area contributed by atoms with Crippen LogP contribution in [-0.2, 0) is 19.7 Å². The van der Waals surface area contributed by atoms with Crippen LogP contribution in [0.25, 0.3) is 0 Å². The molecule has 3 rings (SSSR count). The number of esters is 1. The Balaban J connectivity index is 1.54. The molecular weight excluding hydrogens is 392 g/mol. The van der Waals surface area contributed by atoms with Gasteiger partial charge < -0.3 is 15.0 Å². The molecule has 2 aromatic rings. The molecule has 1 amide bonds. The third-order valence-corrected chi connectivity index (χ3v) is 5.78. The van der Waals surface area contributed by atoms with Gasteiger partial charge in [0.15, 0.2) is 12.4 Å². The first-order valence-corrected chi connectivity index (χ1v) is 10.2. The predicted octanol–water partition coefficient (Wildman–Crippen LogP) is 3.46. The topological polar surface area (TPSA) is 75.7 Å². The fourth-order valence-corrected chi connectivity index (χ4v) is 3.79. The molecule has 6 heteroatoms. The number of likely N-dealkylation sites (N-methyl/N-ethyl adjacent to an activating group) is 1. The van der Waals surface area contributed by atoms with Crippen LogP contribution in [0.5, 0.6) is 0 Å². The van der Waals surface area contributed by atoms with Gasteiger partial charge >= 0.3 is 5.97 Å². The number of amides is 1. The van der Waals surface area contributed by atoms with Crippen molar-refractivity contribution < 1.29 is 19.1 Å². The molecule has 0 saturated carbocycles. The molecule has 0 spiro atoms. The van der Waals surface area contributed by atoms with E-state index in [9.17, 15) is 14.4 Å². The Morgan fingerprint density at radius 1 is 1.06 bits per heavy atom. The quantitative estimate of drug-likeness (QED) is 0.572. The summed E-state index contributed by atoms with van der Waals surface area (Å²) >= 11 is 0. The van der Waals surface area contributed by atoms with Crippen LogP contribution in [-0.4, -0.2) is 37.9 Å². The maximum Gasteiger partial charge on any atom is 0.325 e. The number of benzene rings is 2. The van der Waals surface area contributed by atoms with E-state index in [0.717, 1.165) is 28.1 Å². The number of hydrogen-bond acceptors (Lipinski definition) is 5. The Morgan fingerprint density at radius 3 is 2.45 bits per heavy atom. The number of ketones is 1. The van der Waals surface area contributed by atoms with Gasteiger partial charge in [-0.3, -0.25) is 14.4 Å². The molecule has 0 saturated heterocycles. The number of rotatable bonds is 6. The highest BCUT2D eigenvalue weighted by molar-refractivity contribution is 5.97. The van der Waals surface area contributed by atoms with E-state index >= 15 is 0 Å². The molecule has 0 bridgehead atoms. The zero-order chi connectivity index (χ0) is 22.8. The first kappa shape index (κ1) is 22.3. The van der Waals surface area contributed by atoms with E-state index in [1.807, 2.05) is 50.1 Å². The number of nitrogens with zero attached hydrogens (tertiary/aromatic N) is 1. The largest absolute Gasteiger partial charge is 0.456 e. The first-order chi connectivity index (χ1) is 14.6. The van der Waals surface area contributed by atoms with Crippen LogP contribution in [0, 0.1) is 13.8 Å². The van der Waals surface area contributed by atoms with Crippen molar-refractivity contribution in [2.45, 2.75) is 33.1 Å². The average Bonchev–Trinajstić information content (AvgIpc) is 2.93. The highest BCUT2D eigenvalue weighted by atomic mass is 16.5. The number of fused-ring (bicyclic) bond motifs is 1. The predicted molar refractivity (Wildman–Crippen MR) is 120 cm³/mol. The summed E-state index contributed by atoms with van der Waals surface area (Å²) < 4.78 is 5.06. The van der Waals surface area contributed by atoms with Crippen molar-refractivity contribution in [3.05, 3.63) is 76.5 Å². The maximum atomic E-state index is 12.4. The van der Waals surface area contributed by atoms with Crippen LogP contribution < -0.4 is 10.2 Å². The molecule has 0 radical (unpaired) electrons. The van der Waals surface area contributed by atoms with Gasteiger partial charge in [-0.25, -0.2) is 0 Å². The minimum atomic E-state index is -0.661. The Kier molecular flexibility index (Phi) is 6.29. The molecule has 0 atom stereocenters. The van der Waals surface area contributed by atoms with E-state index in [1.165, 1.54) is 6.08 Å². The molecule has 1 aliphatic rings. The molecule has 31 heavy (non-hydrogen) atoms. The van der Waals surface area contributed by atoms with Gasteiger partial charge in [-0.15, -0.1) is 0 Å². The number of carbonyl (C=O) groups excluding carboxylic acids is 3. The number of nitrogens with one attached hydrogen (secondary N) is 1. The van der Waals surface area contributed by atoms with Crippen molar-refractivity contribution in [1.29, 1.82) is 0 Å². The summed E-state index contributed by atoms with van der Waals surface area (Å²) in [5, 5.41) is 2.53. The Bertz CT molecular complexity index is 1070. The number of ether oxygens (including phenoxy) is 1. The fourth-order valence-electron chi connectivity index (χ4n) is 3.79. The standard InChI is InChI=1S/C25H28N2O4/c1-16-10-11-18(12-17(16)2)24(30)26-14-23(29)31-15-19(28)13-22-25(3,4)20-8-6-7-9-21(20)27(22)5/h6-13H,14-15H2,1-5H3,(H,26,30)/b22-13+. The number of aryl methyl sites for hydroxylation is 2. The van der Waals surface area contributed by atoms with Gasteiger partial charge in [-0.05, 0) is 48.7 Å². The summed E-state index contributed by atoms with van der Waals surface area (Å²) in [4.78, 5) is 38.6. The normalized spacial score (nSPS) is 15.5. The lowest BCUT2D eigenvalue weighted by Gasteiger charge is -2.23. The fraction of sp³-hybridized carbons (Fsp3) is 0.320. The smallest absolute Gasteiger partial charge is 0.325 e. The number of allylic oxidation sites excluding steroid dienone is 1. The van der Waals surface area contributed by atoms with Crippen LogP contribution in [0.3, 0.4) is 0 Å². The minimum absolute atomic E-state index is 0.299. The van der Waals surface area contributed by atoms with Gasteiger partial charge in [0.2, 0.25) is 0 Å². The van der Waals surface area contributed by atoms with Crippen LogP contribution in [0.15, 0.2) is 54.2 Å². The van der Waals surface area contributed by atoms with Crippen LogP contribution in [0.1, 0.15) is 40.9 Å². The highest BCUT2D eigenvalue weighted by Gasteiger charge is 2.38. The molecule has 1 N–H and O–H groups in total. The minimum Gasteiger partial charge on any atom is -0.456 e. The van der Waals surface area contributed by atoms with Gasteiger partial charge in [-0.2, -0.15) is 0 Å². The van der Waals surface area contributed by atoms with Crippen molar-refractivity contribution in [3.63, 3.8) is 0 Å². The van der Waals surface area contributed by atoms with Crippen molar-refractivity contribution in [2.24, 2.45) is 0 Å². The van der Waals surface area contributed by atoms with Crippen molar-refractivity contribution in [2.75, 3.05) is 25.1 Å². The number of para-hydroxylation sites is 1. The molecular formula is C25H28N2O4. The molecule has 1 aliphatic heterocycles. The second kappa shape index (κ2) is 8.76. The Labute approximate surface area is 182 Å². The van der Waals surface area contributed by atoms with Crippen LogP contribution in [0.4, 0.5) is 5.69 Å². The maximum absolute atomic E-state index is 12.4. The average molecular weight is 421 g/mol. The summed E-state index contributed by atoms with van der Waals surface area (Å²) in [5.74, 6) is -1.33. The van der Waals surface area contributed by atoms with E-state index in [0.29, 0.717) is 5.56 Å². The molecule has 0 aliphatic carbocycles. The highest BCUT2D eigenvalue weighted by Crippen LogP contribution is 2.46. The summed E-state index contributed by atoms with van der Waals surface area (Å²) in [5.41, 5.74) is 5.27. The molecule has 0 aromatic heterocycles. The van der Waals surface area contributed by atoms with E-state index in [1.54, 1.807) is 12.1 Å². The third kappa shape index (κ3) is 4.68. The van der Waals surface area contributed by atoms with Gasteiger partial charge in [0.1, 0.15) is 6.54 Å². The molecule has 1 heterocycles. The lowest BCUT2D eigenvalue weighted by atomic mass is 9.83. The Morgan fingerprint density at radius 2 is 1.77 bits per heavy atom. The summed E-state index contributed by atoms with van der Waals surface area (Å²) in [6.45, 7) is 7.33. The van der Waals surface area contributed by atoms with Gasteiger partial charge in [0.25, 0.3) is 5.91 Å². The van der Waals surface area contributed by atoms with Crippen molar-refractivity contribution in [3.8, 4) is 0 Å². The second-order valence-electron chi connectivity index (χ2n) is 8.34. The zero-order valence-electron chi connectivity index (χ0n) is 18.6. The molecule has 0 unspecified atom stereocenters. The van der Waals surface area contributed by atoms with E-state index in [-0.39, 0.29) is 30.3 Å². The molecule has 2 aromatic carbocycles. The monoisotopic (exact) mass is 420 g/mol. The molecule has 162 valence electrons. The van der Waals surface area contributed by atoms with E-state index in [4.69, 9.17) is 4.74 Å². The van der Waals surface area contributed by atoms with E-state index < -0.39 is 5.97 Å². The lowest BCUT2D eigenvalue weighted by molar-refractivity contribution is -0.145. The van der Waals surface area contributed by atoms with Crippen LogP contribution in [0.2, 0.25) is 0 Å². The SMILES string of the molecule is Cc1ccc(C(=O)NCC(=O)OCC(=O)/C=C2/N(C)c3ccccc3C2(C)C)cc1C. The number of hydrogen-bond donors (Lipinski definition) is 1. The van der Waals surface area contributed by atoms with Crippen molar-refractivity contribution >= 4 is 23.3 Å². The summed E-state index contributed by atoms with van der Waals surface area (Å²) in [7, 11) is 1.92. The lowest BCUT2D eigenvalue weighted by Crippen LogP contribution is -2.31. The second-order valence-corrected chi connectivity index (χ2v) is 8.34. The summed E-state index contributed by atoms with van der Waals surface area (Å²) in [6, 6.07) is 13.3. The Hall–Kier alpha value is -3.41. The van der Waals surface area contributed by atoms with Crippen LogP contribution >= 0.6 is 0 Å². The number of carbonyl (C=O) groups is 3. The van der Waals surface area contributed by atoms with Gasteiger partial charge in [0.05, 0.1) is 0 Å². The van der Waals surface area contributed by atoms with E-state index in [2.05, 4.69) is 25.2 Å². The van der Waals surface area contributed by atoms with Crippen molar-refractivity contribution in [1.82, 2.24) is 5.32 Å².